The van der Waals surface area contributed by atoms with E-state index in [1.165, 1.54) is 5.56 Å². The molecule has 2 aromatic heterocycles. The van der Waals surface area contributed by atoms with Crippen LogP contribution in [0, 0.1) is 11.8 Å². The van der Waals surface area contributed by atoms with E-state index in [1.807, 2.05) is 42.7 Å². The Morgan fingerprint density at radius 3 is 2.74 bits per heavy atom. The average Bonchev–Trinajstić information content (AvgIpc) is 3.53. The van der Waals surface area contributed by atoms with Crippen molar-refractivity contribution >= 4 is 22.6 Å². The van der Waals surface area contributed by atoms with Crippen LogP contribution in [0.2, 0.25) is 0 Å². The average molecular weight is 409 g/mol. The van der Waals surface area contributed by atoms with E-state index in [-0.39, 0.29) is 11.9 Å². The van der Waals surface area contributed by atoms with Crippen LogP contribution in [0.3, 0.4) is 0 Å². The van der Waals surface area contributed by atoms with Gasteiger partial charge < -0.3 is 14.8 Å². The molecule has 6 rings (SSSR count). The predicted molar refractivity (Wildman–Crippen MR) is 120 cm³/mol. The summed E-state index contributed by atoms with van der Waals surface area (Å²) in [6.07, 6.45) is 7.18. The maximum absolute atomic E-state index is 13.7. The Hall–Kier alpha value is -3.67. The van der Waals surface area contributed by atoms with Gasteiger partial charge in [0.05, 0.1) is 12.2 Å². The van der Waals surface area contributed by atoms with Gasteiger partial charge in [0.1, 0.15) is 5.82 Å². The van der Waals surface area contributed by atoms with Crippen LogP contribution in [-0.2, 0) is 0 Å². The summed E-state index contributed by atoms with van der Waals surface area (Å²) in [6.45, 7) is 2.53. The molecular formula is C25H23N5O. The molecular weight excluding hydrogens is 386 g/mol. The number of aromatic amines is 1. The van der Waals surface area contributed by atoms with Crippen molar-refractivity contribution in [3.05, 3.63) is 90.5 Å². The number of nitrogens with zero attached hydrogens (tertiary/aromatic N) is 4. The first-order chi connectivity index (χ1) is 15.3. The Morgan fingerprint density at radius 2 is 1.90 bits per heavy atom. The fourth-order valence-electron chi connectivity index (χ4n) is 5.32. The van der Waals surface area contributed by atoms with E-state index in [1.54, 1.807) is 12.4 Å². The highest BCUT2D eigenvalue weighted by Crippen LogP contribution is 2.46. The van der Waals surface area contributed by atoms with Crippen LogP contribution >= 0.6 is 0 Å². The molecule has 0 saturated carbocycles. The highest BCUT2D eigenvalue weighted by Gasteiger charge is 2.49. The summed E-state index contributed by atoms with van der Waals surface area (Å²) < 4.78 is 0. The first-order valence-corrected chi connectivity index (χ1v) is 10.7. The fourth-order valence-corrected chi connectivity index (χ4v) is 5.32. The van der Waals surface area contributed by atoms with Gasteiger partial charge in [0.25, 0.3) is 5.91 Å². The largest absolute Gasteiger partial charge is 0.361 e. The number of likely N-dealkylation sites (tertiary alicyclic amines) is 1. The second kappa shape index (κ2) is 7.23. The number of rotatable bonds is 3. The first-order valence-electron chi connectivity index (χ1n) is 10.7. The van der Waals surface area contributed by atoms with Gasteiger partial charge in [-0.25, -0.2) is 4.98 Å². The second-order valence-electron chi connectivity index (χ2n) is 8.49. The molecule has 31 heavy (non-hydrogen) atoms. The zero-order valence-corrected chi connectivity index (χ0v) is 17.1. The maximum atomic E-state index is 13.7. The molecule has 3 atom stereocenters. The van der Waals surface area contributed by atoms with Crippen LogP contribution < -0.4 is 4.90 Å². The van der Waals surface area contributed by atoms with Gasteiger partial charge in [0.15, 0.2) is 0 Å². The Bertz CT molecular complexity index is 1220. The van der Waals surface area contributed by atoms with E-state index in [2.05, 4.69) is 49.0 Å². The van der Waals surface area contributed by atoms with Crippen molar-refractivity contribution in [2.75, 3.05) is 24.5 Å². The molecule has 4 aromatic rings. The molecule has 1 amide bonds. The van der Waals surface area contributed by atoms with E-state index in [4.69, 9.17) is 0 Å². The van der Waals surface area contributed by atoms with Crippen molar-refractivity contribution in [2.45, 2.75) is 6.04 Å². The van der Waals surface area contributed by atoms with E-state index < -0.39 is 0 Å². The number of hydrogen-bond donors (Lipinski definition) is 1. The lowest BCUT2D eigenvalue weighted by atomic mass is 9.89. The van der Waals surface area contributed by atoms with E-state index in [0.29, 0.717) is 11.8 Å². The number of amides is 1. The number of H-pyrrole nitrogens is 1. The summed E-state index contributed by atoms with van der Waals surface area (Å²) in [6, 6.07) is 18.4. The lowest BCUT2D eigenvalue weighted by Gasteiger charge is -2.30. The minimum absolute atomic E-state index is 0.0577. The van der Waals surface area contributed by atoms with Crippen molar-refractivity contribution in [1.82, 2.24) is 19.9 Å². The topological polar surface area (TPSA) is 65.1 Å². The quantitative estimate of drug-likeness (QED) is 0.557. The molecule has 2 aromatic carbocycles. The number of aromatic nitrogens is 3. The Labute approximate surface area is 180 Å². The van der Waals surface area contributed by atoms with Crippen LogP contribution in [0.15, 0.2) is 79.4 Å². The summed E-state index contributed by atoms with van der Waals surface area (Å²) >= 11 is 0. The molecule has 0 radical (unpaired) electrons. The Kier molecular flexibility index (Phi) is 4.23. The van der Waals surface area contributed by atoms with Gasteiger partial charge in [-0.1, -0.05) is 30.3 Å². The highest BCUT2D eigenvalue weighted by atomic mass is 16.2. The molecule has 1 N–H and O–H groups in total. The standard InChI is InChI=1S/C25H23N5O/c31-25(19-6-7-22-18(12-19)8-9-27-22)30-15-20-14-29(23-13-26-10-11-28-23)16-21(20)24(30)17-4-2-1-3-5-17/h1-13,20-21,24,27H,14-16H2/t20-,21-,24+/m0/s1. The predicted octanol–water partition coefficient (Wildman–Crippen LogP) is 3.91. The molecule has 0 spiro atoms. The first kappa shape index (κ1) is 18.1. The normalized spacial score (nSPS) is 22.8. The lowest BCUT2D eigenvalue weighted by Crippen LogP contribution is -2.36. The summed E-state index contributed by atoms with van der Waals surface area (Å²) in [5.41, 5.74) is 3.00. The third-order valence-electron chi connectivity index (χ3n) is 6.74. The third-order valence-corrected chi connectivity index (χ3v) is 6.74. The monoisotopic (exact) mass is 409 g/mol. The molecule has 0 unspecified atom stereocenters. The molecule has 154 valence electrons. The van der Waals surface area contributed by atoms with Gasteiger partial charge in [-0.15, -0.1) is 0 Å². The van der Waals surface area contributed by atoms with E-state index in [0.717, 1.165) is 41.9 Å². The van der Waals surface area contributed by atoms with Crippen LogP contribution in [0.1, 0.15) is 22.0 Å². The Morgan fingerprint density at radius 1 is 1.00 bits per heavy atom. The number of fused-ring (bicyclic) bond motifs is 2. The number of carbonyl (C=O) groups excluding carboxylic acids is 1. The maximum Gasteiger partial charge on any atom is 0.254 e. The SMILES string of the molecule is O=C(c1ccc2[nH]ccc2c1)N1C[C@@H]2CN(c3cnccn3)C[C@@H]2[C@H]1c1ccccc1. The van der Waals surface area contributed by atoms with Crippen molar-refractivity contribution in [3.63, 3.8) is 0 Å². The minimum Gasteiger partial charge on any atom is -0.361 e. The van der Waals surface area contributed by atoms with Crippen LogP contribution in [0.4, 0.5) is 5.82 Å². The summed E-state index contributed by atoms with van der Waals surface area (Å²) in [4.78, 5) is 30.0. The zero-order chi connectivity index (χ0) is 20.8. The molecule has 2 aliphatic heterocycles. The van der Waals surface area contributed by atoms with E-state index in [9.17, 15) is 4.79 Å². The molecule has 6 heteroatoms. The number of hydrogen-bond acceptors (Lipinski definition) is 4. The molecule has 6 nitrogen and oxygen atoms in total. The fraction of sp³-hybridized carbons (Fsp3) is 0.240. The molecule has 2 saturated heterocycles. The zero-order valence-electron chi connectivity index (χ0n) is 17.1. The van der Waals surface area contributed by atoms with Crippen LogP contribution in [0.25, 0.3) is 10.9 Å². The summed E-state index contributed by atoms with van der Waals surface area (Å²) in [5.74, 6) is 1.80. The van der Waals surface area contributed by atoms with Crippen LogP contribution in [-0.4, -0.2) is 45.4 Å². The van der Waals surface area contributed by atoms with Crippen LogP contribution in [0.5, 0.6) is 0 Å². The van der Waals surface area contributed by atoms with Gasteiger partial charge in [0.2, 0.25) is 0 Å². The Balaban J connectivity index is 1.34. The van der Waals surface area contributed by atoms with Crippen molar-refractivity contribution in [3.8, 4) is 0 Å². The third kappa shape index (κ3) is 3.06. The molecule has 2 aliphatic rings. The number of carbonyl (C=O) groups is 1. The summed E-state index contributed by atoms with van der Waals surface area (Å²) in [7, 11) is 0. The van der Waals surface area contributed by atoms with E-state index >= 15 is 0 Å². The molecule has 4 heterocycles. The van der Waals surface area contributed by atoms with Gasteiger partial charge in [-0.05, 0) is 29.8 Å². The minimum atomic E-state index is 0.0577. The highest BCUT2D eigenvalue weighted by molar-refractivity contribution is 5.98. The van der Waals surface area contributed by atoms with Gasteiger partial charge in [-0.2, -0.15) is 0 Å². The molecule has 0 bridgehead atoms. The van der Waals surface area contributed by atoms with Gasteiger partial charge >= 0.3 is 0 Å². The summed E-state index contributed by atoms with van der Waals surface area (Å²) in [5, 5.41) is 1.07. The van der Waals surface area contributed by atoms with Crippen molar-refractivity contribution in [1.29, 1.82) is 0 Å². The smallest absolute Gasteiger partial charge is 0.254 e. The van der Waals surface area contributed by atoms with Crippen molar-refractivity contribution in [2.24, 2.45) is 11.8 Å². The number of benzene rings is 2. The number of anilines is 1. The second-order valence-corrected chi connectivity index (χ2v) is 8.49. The number of nitrogens with one attached hydrogen (secondary N) is 1. The van der Waals surface area contributed by atoms with Gasteiger partial charge in [-0.3, -0.25) is 9.78 Å². The molecule has 2 fully saturated rings. The molecule has 0 aliphatic carbocycles. The van der Waals surface area contributed by atoms with Gasteiger partial charge in [0, 0.05) is 66.5 Å². The lowest BCUT2D eigenvalue weighted by molar-refractivity contribution is 0.0716. The van der Waals surface area contributed by atoms with Crippen molar-refractivity contribution < 1.29 is 4.79 Å².